The minimum absolute atomic E-state index is 0.00504. The first-order valence-electron chi connectivity index (χ1n) is 8.39. The van der Waals surface area contributed by atoms with E-state index in [0.717, 1.165) is 16.9 Å². The van der Waals surface area contributed by atoms with Crippen molar-refractivity contribution in [2.75, 3.05) is 13.7 Å². The van der Waals surface area contributed by atoms with Crippen LogP contribution in [0.1, 0.15) is 24.0 Å². The number of ether oxygens (including phenoxy) is 2. The van der Waals surface area contributed by atoms with Gasteiger partial charge in [0, 0.05) is 19.5 Å². The molecule has 6 nitrogen and oxygen atoms in total. The van der Waals surface area contributed by atoms with Crippen molar-refractivity contribution in [1.29, 1.82) is 0 Å². The fourth-order valence-electron chi connectivity index (χ4n) is 2.42. The van der Waals surface area contributed by atoms with Gasteiger partial charge in [0.15, 0.2) is 0 Å². The van der Waals surface area contributed by atoms with Crippen LogP contribution in [0, 0.1) is 0 Å². The third-order valence-corrected chi connectivity index (χ3v) is 3.81. The van der Waals surface area contributed by atoms with E-state index < -0.39 is 12.1 Å². The minimum Gasteiger partial charge on any atom is -0.497 e. The van der Waals surface area contributed by atoms with Gasteiger partial charge in [-0.1, -0.05) is 42.5 Å². The molecule has 0 aliphatic heterocycles. The number of methoxy groups -OCH3 is 1. The van der Waals surface area contributed by atoms with E-state index >= 15 is 0 Å². The zero-order valence-electron chi connectivity index (χ0n) is 14.8. The normalized spacial score (nSPS) is 10.2. The van der Waals surface area contributed by atoms with Crippen molar-refractivity contribution in [3.63, 3.8) is 0 Å². The van der Waals surface area contributed by atoms with E-state index in [2.05, 4.69) is 0 Å². The van der Waals surface area contributed by atoms with Gasteiger partial charge in [-0.2, -0.15) is 0 Å². The lowest BCUT2D eigenvalue weighted by Gasteiger charge is -2.22. The number of carbonyl (C=O) groups excluding carboxylic acids is 1. The Kier molecular flexibility index (Phi) is 7.49. The zero-order valence-corrected chi connectivity index (χ0v) is 14.8. The number of carbonyl (C=O) groups is 2. The van der Waals surface area contributed by atoms with Crippen molar-refractivity contribution < 1.29 is 24.2 Å². The van der Waals surface area contributed by atoms with Crippen LogP contribution in [0.4, 0.5) is 4.79 Å². The molecule has 0 fully saturated rings. The molecule has 2 rings (SSSR count). The molecule has 0 heterocycles. The summed E-state index contributed by atoms with van der Waals surface area (Å²) in [5.41, 5.74) is 1.81. The highest BCUT2D eigenvalue weighted by molar-refractivity contribution is 5.68. The van der Waals surface area contributed by atoms with Gasteiger partial charge in [0.2, 0.25) is 0 Å². The number of rotatable bonds is 9. The number of hydrogen-bond donors (Lipinski definition) is 1. The molecule has 0 saturated carbocycles. The highest BCUT2D eigenvalue weighted by Crippen LogP contribution is 2.14. The van der Waals surface area contributed by atoms with Crippen molar-refractivity contribution in [2.24, 2.45) is 0 Å². The van der Waals surface area contributed by atoms with E-state index in [0.29, 0.717) is 19.5 Å². The van der Waals surface area contributed by atoms with Gasteiger partial charge >= 0.3 is 12.1 Å². The van der Waals surface area contributed by atoms with Gasteiger partial charge in [0.05, 0.1) is 7.11 Å². The Labute approximate surface area is 153 Å². The Balaban J connectivity index is 1.98. The highest BCUT2D eigenvalue weighted by atomic mass is 16.6. The summed E-state index contributed by atoms with van der Waals surface area (Å²) in [7, 11) is 1.59. The monoisotopic (exact) mass is 357 g/mol. The van der Waals surface area contributed by atoms with Crippen LogP contribution in [0.2, 0.25) is 0 Å². The molecule has 1 N–H and O–H groups in total. The third kappa shape index (κ3) is 6.47. The molecule has 26 heavy (non-hydrogen) atoms. The van der Waals surface area contributed by atoms with Crippen LogP contribution in [0.3, 0.4) is 0 Å². The zero-order chi connectivity index (χ0) is 18.8. The van der Waals surface area contributed by atoms with Crippen LogP contribution in [0.5, 0.6) is 5.75 Å². The van der Waals surface area contributed by atoms with Crippen molar-refractivity contribution >= 4 is 12.1 Å². The van der Waals surface area contributed by atoms with Crippen LogP contribution in [0.15, 0.2) is 54.6 Å². The first-order chi connectivity index (χ1) is 12.6. The van der Waals surface area contributed by atoms with Gasteiger partial charge < -0.3 is 19.5 Å². The molecule has 6 heteroatoms. The molecular weight excluding hydrogens is 334 g/mol. The molecule has 0 radical (unpaired) electrons. The molecular formula is C20H23NO5. The highest BCUT2D eigenvalue weighted by Gasteiger charge is 2.16. The summed E-state index contributed by atoms with van der Waals surface area (Å²) in [5, 5.41) is 8.82. The Morgan fingerprint density at radius 1 is 1.00 bits per heavy atom. The van der Waals surface area contributed by atoms with Crippen molar-refractivity contribution in [2.45, 2.75) is 26.0 Å². The average molecular weight is 357 g/mol. The molecule has 0 bridgehead atoms. The maximum atomic E-state index is 12.5. The lowest BCUT2D eigenvalue weighted by molar-refractivity contribution is -0.137. The summed E-state index contributed by atoms with van der Waals surface area (Å²) in [5.74, 6) is -0.148. The third-order valence-electron chi connectivity index (χ3n) is 3.81. The van der Waals surface area contributed by atoms with Crippen LogP contribution in [-0.2, 0) is 22.7 Å². The van der Waals surface area contributed by atoms with E-state index in [1.165, 1.54) is 4.90 Å². The Morgan fingerprint density at radius 2 is 1.69 bits per heavy atom. The fraction of sp³-hybridized carbons (Fsp3) is 0.300. The molecule has 0 unspecified atom stereocenters. The minimum atomic E-state index is -0.882. The second kappa shape index (κ2) is 10.1. The number of hydrogen-bond acceptors (Lipinski definition) is 4. The predicted octanol–water partition coefficient (Wildman–Crippen LogP) is 3.70. The van der Waals surface area contributed by atoms with Gasteiger partial charge in [-0.05, 0) is 29.7 Å². The van der Waals surface area contributed by atoms with Crippen LogP contribution < -0.4 is 4.74 Å². The van der Waals surface area contributed by atoms with Gasteiger partial charge in [-0.25, -0.2) is 4.79 Å². The lowest BCUT2D eigenvalue weighted by atomic mass is 10.2. The predicted molar refractivity (Wildman–Crippen MR) is 96.9 cm³/mol. The lowest BCUT2D eigenvalue weighted by Crippen LogP contribution is -2.32. The number of nitrogens with zero attached hydrogens (tertiary/aromatic N) is 1. The van der Waals surface area contributed by atoms with Crippen LogP contribution in [0.25, 0.3) is 0 Å². The molecule has 0 atom stereocenters. The standard InChI is InChI=1S/C20H23NO5/c1-25-18-11-9-16(10-12-18)14-21(13-5-8-19(22)23)20(24)26-15-17-6-3-2-4-7-17/h2-4,6-7,9-12H,5,8,13-15H2,1H3,(H,22,23). The second-order valence-corrected chi connectivity index (χ2v) is 5.81. The van der Waals surface area contributed by atoms with Gasteiger partial charge in [-0.3, -0.25) is 4.79 Å². The molecule has 0 saturated heterocycles. The van der Waals surface area contributed by atoms with Crippen molar-refractivity contribution in [3.8, 4) is 5.75 Å². The summed E-state index contributed by atoms with van der Waals surface area (Å²) in [6.45, 7) is 0.834. The van der Waals surface area contributed by atoms with Crippen molar-refractivity contribution in [1.82, 2.24) is 4.90 Å². The molecule has 0 aliphatic carbocycles. The fourth-order valence-corrected chi connectivity index (χ4v) is 2.42. The van der Waals surface area contributed by atoms with E-state index in [1.807, 2.05) is 54.6 Å². The SMILES string of the molecule is COc1ccc(CN(CCCC(=O)O)C(=O)OCc2ccccc2)cc1. The summed E-state index contributed by atoms with van der Waals surface area (Å²) >= 11 is 0. The van der Waals surface area contributed by atoms with E-state index in [9.17, 15) is 9.59 Å². The second-order valence-electron chi connectivity index (χ2n) is 5.81. The van der Waals surface area contributed by atoms with Gasteiger partial charge in [0.25, 0.3) is 0 Å². The van der Waals surface area contributed by atoms with Gasteiger partial charge in [0.1, 0.15) is 12.4 Å². The number of benzene rings is 2. The molecule has 1 amide bonds. The quantitative estimate of drug-likeness (QED) is 0.740. The number of aliphatic carboxylic acids is 1. The molecule has 0 aromatic heterocycles. The summed E-state index contributed by atoms with van der Waals surface area (Å²) in [4.78, 5) is 24.7. The molecule has 0 spiro atoms. The molecule has 2 aromatic carbocycles. The summed E-state index contributed by atoms with van der Waals surface area (Å²) < 4.78 is 10.5. The number of carboxylic acid groups (broad SMARTS) is 1. The van der Waals surface area contributed by atoms with E-state index in [4.69, 9.17) is 14.6 Å². The first kappa shape index (κ1) is 19.3. The molecule has 138 valence electrons. The van der Waals surface area contributed by atoms with Crippen LogP contribution in [-0.4, -0.2) is 35.7 Å². The summed E-state index contributed by atoms with van der Waals surface area (Å²) in [6.07, 6.45) is -0.0909. The smallest absolute Gasteiger partial charge is 0.410 e. The maximum absolute atomic E-state index is 12.5. The molecule has 2 aromatic rings. The van der Waals surface area contributed by atoms with E-state index in [1.54, 1.807) is 7.11 Å². The van der Waals surface area contributed by atoms with E-state index in [-0.39, 0.29) is 13.0 Å². The van der Waals surface area contributed by atoms with Crippen molar-refractivity contribution in [3.05, 3.63) is 65.7 Å². The Morgan fingerprint density at radius 3 is 2.31 bits per heavy atom. The molecule has 0 aliphatic rings. The Hall–Kier alpha value is -3.02. The number of amides is 1. The summed E-state index contributed by atoms with van der Waals surface area (Å²) in [6, 6.07) is 16.8. The topological polar surface area (TPSA) is 76.1 Å². The first-order valence-corrected chi connectivity index (χ1v) is 8.39. The number of carboxylic acids is 1. The van der Waals surface area contributed by atoms with Gasteiger partial charge in [-0.15, -0.1) is 0 Å². The largest absolute Gasteiger partial charge is 0.497 e. The van der Waals surface area contributed by atoms with Crippen LogP contribution >= 0.6 is 0 Å². The average Bonchev–Trinajstić information content (AvgIpc) is 2.66. The maximum Gasteiger partial charge on any atom is 0.410 e. The Bertz CT molecular complexity index is 700.